The summed E-state index contributed by atoms with van der Waals surface area (Å²) in [6, 6.07) is 0. The van der Waals surface area contributed by atoms with Crippen LogP contribution in [0.15, 0.2) is 35.5 Å². The van der Waals surface area contributed by atoms with Gasteiger partial charge < -0.3 is 24.8 Å². The Balaban J connectivity index is 2.43. The molecule has 1 saturated heterocycles. The van der Waals surface area contributed by atoms with Crippen molar-refractivity contribution in [2.45, 2.75) is 62.8 Å². The largest absolute Gasteiger partial charge is 0.459 e. The standard InChI is InChI=1S/C20H28O7S/c1-10-5-14(22)6-11(2)8-16(17-12(3)18(23)26-15(17)7-10)27-19(24)20(25,9-21)13(4)28/h6-7,13-17,21-22,25,28H,3,5,8-9H2,1-2,4H3/b10-7+,11-6+/t13?,14-,15+,16+,17-,20?/m0/s1. The number of aliphatic hydroxyl groups excluding tert-OH is 2. The molecule has 2 unspecified atom stereocenters. The fourth-order valence-electron chi connectivity index (χ4n) is 3.48. The highest BCUT2D eigenvalue weighted by atomic mass is 32.1. The fourth-order valence-corrected chi connectivity index (χ4v) is 3.67. The molecule has 0 radical (unpaired) electrons. The van der Waals surface area contributed by atoms with Gasteiger partial charge in [-0.1, -0.05) is 30.7 Å². The normalized spacial score (nSPS) is 35.4. The number of carbonyl (C=O) groups is 2. The van der Waals surface area contributed by atoms with Gasteiger partial charge in [-0.05, 0) is 26.3 Å². The van der Waals surface area contributed by atoms with Crippen LogP contribution in [-0.4, -0.2) is 63.0 Å². The van der Waals surface area contributed by atoms with Crippen LogP contribution >= 0.6 is 12.6 Å². The minimum Gasteiger partial charge on any atom is -0.459 e. The molecule has 0 aromatic carbocycles. The number of ether oxygens (including phenoxy) is 2. The Morgan fingerprint density at radius 3 is 2.57 bits per heavy atom. The maximum atomic E-state index is 12.6. The lowest BCUT2D eigenvalue weighted by Crippen LogP contribution is -2.52. The first-order valence-corrected chi connectivity index (χ1v) is 9.66. The van der Waals surface area contributed by atoms with Crippen molar-refractivity contribution in [3.8, 4) is 0 Å². The van der Waals surface area contributed by atoms with E-state index in [1.807, 2.05) is 6.92 Å². The van der Waals surface area contributed by atoms with Crippen LogP contribution in [-0.2, 0) is 19.1 Å². The van der Waals surface area contributed by atoms with E-state index in [2.05, 4.69) is 19.2 Å². The molecule has 7 nitrogen and oxygen atoms in total. The summed E-state index contributed by atoms with van der Waals surface area (Å²) < 4.78 is 11.0. The van der Waals surface area contributed by atoms with E-state index in [-0.39, 0.29) is 12.0 Å². The van der Waals surface area contributed by atoms with Gasteiger partial charge in [0.05, 0.1) is 18.6 Å². The number of esters is 2. The van der Waals surface area contributed by atoms with Crippen LogP contribution in [0.25, 0.3) is 0 Å². The molecule has 3 N–H and O–H groups in total. The van der Waals surface area contributed by atoms with Crippen molar-refractivity contribution in [1.29, 1.82) is 0 Å². The van der Waals surface area contributed by atoms with Crippen LogP contribution < -0.4 is 0 Å². The first kappa shape index (κ1) is 22.7. The lowest BCUT2D eigenvalue weighted by atomic mass is 9.85. The molecule has 6 atom stereocenters. The fraction of sp³-hybridized carbons (Fsp3) is 0.600. The molecular weight excluding hydrogens is 384 g/mol. The first-order chi connectivity index (χ1) is 13.0. The molecule has 0 spiro atoms. The predicted molar refractivity (Wildman–Crippen MR) is 106 cm³/mol. The molecule has 1 aliphatic heterocycles. The highest BCUT2D eigenvalue weighted by Crippen LogP contribution is 2.37. The van der Waals surface area contributed by atoms with Gasteiger partial charge in [-0.3, -0.25) is 0 Å². The molecule has 1 fully saturated rings. The molecule has 2 aliphatic rings. The number of rotatable bonds is 4. The minimum atomic E-state index is -2.19. The maximum absolute atomic E-state index is 12.6. The van der Waals surface area contributed by atoms with Crippen molar-refractivity contribution in [1.82, 2.24) is 0 Å². The maximum Gasteiger partial charge on any atom is 0.342 e. The molecule has 8 heteroatoms. The summed E-state index contributed by atoms with van der Waals surface area (Å²) in [4.78, 5) is 24.8. The Kier molecular flexibility index (Phi) is 7.14. The van der Waals surface area contributed by atoms with Crippen molar-refractivity contribution in [2.75, 3.05) is 6.61 Å². The van der Waals surface area contributed by atoms with E-state index < -0.39 is 53.6 Å². The highest BCUT2D eigenvalue weighted by Gasteiger charge is 2.48. The van der Waals surface area contributed by atoms with Crippen LogP contribution in [0.1, 0.15) is 33.6 Å². The summed E-state index contributed by atoms with van der Waals surface area (Å²) in [6.07, 6.45) is 1.66. The van der Waals surface area contributed by atoms with Gasteiger partial charge in [-0.15, -0.1) is 0 Å². The number of carbonyl (C=O) groups excluding carboxylic acids is 2. The van der Waals surface area contributed by atoms with E-state index in [9.17, 15) is 24.9 Å². The van der Waals surface area contributed by atoms with Gasteiger partial charge in [0.15, 0.2) is 5.60 Å². The monoisotopic (exact) mass is 412 g/mol. The van der Waals surface area contributed by atoms with Crippen LogP contribution in [0.3, 0.4) is 0 Å². The quantitative estimate of drug-likeness (QED) is 0.237. The molecule has 1 aliphatic carbocycles. The van der Waals surface area contributed by atoms with Crippen LogP contribution in [0.5, 0.6) is 0 Å². The van der Waals surface area contributed by atoms with Crippen molar-refractivity contribution in [2.24, 2.45) is 5.92 Å². The van der Waals surface area contributed by atoms with Gasteiger partial charge >= 0.3 is 11.9 Å². The second-order valence-electron chi connectivity index (χ2n) is 7.62. The second-order valence-corrected chi connectivity index (χ2v) is 8.40. The average Bonchev–Trinajstić information content (AvgIpc) is 2.85. The predicted octanol–water partition coefficient (Wildman–Crippen LogP) is 1.08. The third-order valence-electron chi connectivity index (χ3n) is 5.19. The zero-order valence-corrected chi connectivity index (χ0v) is 17.2. The lowest BCUT2D eigenvalue weighted by molar-refractivity contribution is -0.177. The second kappa shape index (κ2) is 8.82. The van der Waals surface area contributed by atoms with E-state index >= 15 is 0 Å². The number of hydrogen-bond donors (Lipinski definition) is 4. The first-order valence-electron chi connectivity index (χ1n) is 9.14. The molecule has 0 amide bonds. The molecule has 0 aromatic rings. The molecule has 0 aromatic heterocycles. The molecule has 1 heterocycles. The lowest BCUT2D eigenvalue weighted by Gasteiger charge is -2.32. The van der Waals surface area contributed by atoms with Gasteiger partial charge in [-0.2, -0.15) is 12.6 Å². The minimum absolute atomic E-state index is 0.173. The summed E-state index contributed by atoms with van der Waals surface area (Å²) in [6.45, 7) is 7.99. The topological polar surface area (TPSA) is 113 Å². The molecule has 0 saturated carbocycles. The number of hydrogen-bond acceptors (Lipinski definition) is 8. The molecule has 28 heavy (non-hydrogen) atoms. The summed E-state index contributed by atoms with van der Waals surface area (Å²) in [5, 5.41) is 29.2. The van der Waals surface area contributed by atoms with Crippen molar-refractivity contribution < 1.29 is 34.4 Å². The SMILES string of the molecule is C=C1C(=O)O[C@@H]2/C=C(\C)C[C@H](O)/C=C(\C)C[C@@H](OC(=O)C(O)(CO)C(C)S)[C@@H]12. The molecule has 156 valence electrons. The molecule has 2 rings (SSSR count). The van der Waals surface area contributed by atoms with Crippen LogP contribution in [0.2, 0.25) is 0 Å². The number of aliphatic hydroxyl groups is 3. The van der Waals surface area contributed by atoms with Gasteiger partial charge in [-0.25, -0.2) is 9.59 Å². The van der Waals surface area contributed by atoms with Gasteiger partial charge in [0.25, 0.3) is 0 Å². The number of fused-ring (bicyclic) bond motifs is 1. The Bertz CT molecular complexity index is 711. The Morgan fingerprint density at radius 1 is 1.39 bits per heavy atom. The summed E-state index contributed by atoms with van der Waals surface area (Å²) in [5.74, 6) is -2.27. The van der Waals surface area contributed by atoms with Crippen LogP contribution in [0.4, 0.5) is 0 Å². The highest BCUT2D eigenvalue weighted by molar-refractivity contribution is 7.81. The third-order valence-corrected chi connectivity index (χ3v) is 5.61. The van der Waals surface area contributed by atoms with E-state index in [1.54, 1.807) is 19.1 Å². The summed E-state index contributed by atoms with van der Waals surface area (Å²) in [7, 11) is 0. The van der Waals surface area contributed by atoms with Crippen molar-refractivity contribution in [3.05, 3.63) is 35.5 Å². The zero-order chi connectivity index (χ0) is 21.2. The van der Waals surface area contributed by atoms with Crippen LogP contribution in [0, 0.1) is 5.92 Å². The van der Waals surface area contributed by atoms with E-state index in [1.165, 1.54) is 6.92 Å². The number of thiol groups is 1. The van der Waals surface area contributed by atoms with Gasteiger partial charge in [0, 0.05) is 17.2 Å². The average molecular weight is 413 g/mol. The van der Waals surface area contributed by atoms with Gasteiger partial charge in [0.2, 0.25) is 0 Å². The smallest absolute Gasteiger partial charge is 0.342 e. The molecule has 0 bridgehead atoms. The molecular formula is C20H28O7S. The Labute approximate surface area is 170 Å². The summed E-state index contributed by atoms with van der Waals surface area (Å²) >= 11 is 4.07. The van der Waals surface area contributed by atoms with E-state index in [0.29, 0.717) is 6.42 Å². The zero-order valence-electron chi connectivity index (χ0n) is 16.3. The Hall–Kier alpha value is -1.61. The van der Waals surface area contributed by atoms with E-state index in [0.717, 1.165) is 11.1 Å². The summed E-state index contributed by atoms with van der Waals surface area (Å²) in [5.41, 5.74) is -0.455. The van der Waals surface area contributed by atoms with Crippen molar-refractivity contribution in [3.63, 3.8) is 0 Å². The third kappa shape index (κ3) is 4.68. The van der Waals surface area contributed by atoms with Gasteiger partial charge in [0.1, 0.15) is 12.2 Å². The van der Waals surface area contributed by atoms with E-state index in [4.69, 9.17) is 9.47 Å². The van der Waals surface area contributed by atoms with Crippen molar-refractivity contribution >= 4 is 24.6 Å². The Morgan fingerprint density at radius 2 is 2.00 bits per heavy atom.